The number of hydrogen-bond donors (Lipinski definition) is 2. The van der Waals surface area contributed by atoms with Crippen LogP contribution < -0.4 is 10.6 Å². The normalized spacial score (nSPS) is 16.8. The van der Waals surface area contributed by atoms with Gasteiger partial charge in [0.05, 0.1) is 34.2 Å². The number of benzene rings is 1. The monoisotopic (exact) mass is 611 g/mol. The number of pyridine rings is 1. The van der Waals surface area contributed by atoms with Crippen molar-refractivity contribution >= 4 is 22.5 Å². The van der Waals surface area contributed by atoms with E-state index in [0.29, 0.717) is 58.6 Å². The Morgan fingerprint density at radius 2 is 1.89 bits per heavy atom. The molecule has 1 aromatic carbocycles. The van der Waals surface area contributed by atoms with Crippen LogP contribution in [0.1, 0.15) is 50.0 Å². The van der Waals surface area contributed by atoms with Crippen LogP contribution in [-0.2, 0) is 18.6 Å². The highest BCUT2D eigenvalue weighted by molar-refractivity contribution is 5.97. The number of alkyl halides is 3. The molecule has 4 heterocycles. The predicted octanol–water partition coefficient (Wildman–Crippen LogP) is 6.71. The summed E-state index contributed by atoms with van der Waals surface area (Å²) in [5.74, 6) is -0.840. The molecule has 1 unspecified atom stereocenters. The van der Waals surface area contributed by atoms with Crippen molar-refractivity contribution in [1.82, 2.24) is 29.5 Å². The fraction of sp³-hybridized carbons (Fsp3) is 0.406. The van der Waals surface area contributed by atoms with Crippen LogP contribution >= 0.6 is 0 Å². The zero-order valence-corrected chi connectivity index (χ0v) is 25.5. The summed E-state index contributed by atoms with van der Waals surface area (Å²) in [5.41, 5.74) is 2.79. The SMILES string of the molecule is CC1CN(C)CCC(Nc2cccc3c2cc(-c2ccc(CNC(=O)c4cnn(C(C)(C)C)c4)cn2)n3CC(F)(F)F)=C1F. The van der Waals surface area contributed by atoms with Crippen LogP contribution in [-0.4, -0.2) is 56.5 Å². The number of fused-ring (bicyclic) bond motifs is 1. The Morgan fingerprint density at radius 1 is 1.11 bits per heavy atom. The van der Waals surface area contributed by atoms with Gasteiger partial charge in [-0.1, -0.05) is 19.1 Å². The Balaban J connectivity index is 1.41. The van der Waals surface area contributed by atoms with Crippen molar-refractivity contribution in [3.05, 3.63) is 77.6 Å². The summed E-state index contributed by atoms with van der Waals surface area (Å²) >= 11 is 0. The summed E-state index contributed by atoms with van der Waals surface area (Å²) in [4.78, 5) is 19.2. The van der Waals surface area contributed by atoms with Crippen LogP contribution in [0.15, 0.2) is 66.5 Å². The van der Waals surface area contributed by atoms with Gasteiger partial charge < -0.3 is 20.1 Å². The number of aromatic nitrogens is 4. The third kappa shape index (κ3) is 6.96. The van der Waals surface area contributed by atoms with Crippen molar-refractivity contribution in [3.63, 3.8) is 0 Å². The maximum absolute atomic E-state index is 15.2. The fourth-order valence-corrected chi connectivity index (χ4v) is 5.37. The number of halogens is 4. The van der Waals surface area contributed by atoms with Gasteiger partial charge >= 0.3 is 6.18 Å². The zero-order valence-electron chi connectivity index (χ0n) is 25.5. The van der Waals surface area contributed by atoms with E-state index < -0.39 is 12.7 Å². The van der Waals surface area contributed by atoms with E-state index in [9.17, 15) is 18.0 Å². The number of anilines is 1. The molecule has 1 amide bonds. The number of carbonyl (C=O) groups is 1. The lowest BCUT2D eigenvalue weighted by Crippen LogP contribution is -2.24. The van der Waals surface area contributed by atoms with E-state index in [1.807, 2.05) is 34.7 Å². The second kappa shape index (κ2) is 12.1. The Labute approximate surface area is 253 Å². The average molecular weight is 612 g/mol. The molecule has 12 heteroatoms. The van der Waals surface area contributed by atoms with E-state index >= 15 is 4.39 Å². The summed E-state index contributed by atoms with van der Waals surface area (Å²) in [6.45, 7) is 7.97. The molecule has 3 aromatic heterocycles. The first-order valence-corrected chi connectivity index (χ1v) is 14.5. The topological polar surface area (TPSA) is 80.0 Å². The van der Waals surface area contributed by atoms with Crippen molar-refractivity contribution < 1.29 is 22.4 Å². The van der Waals surface area contributed by atoms with Gasteiger partial charge in [0, 0.05) is 61.1 Å². The third-order valence-corrected chi connectivity index (χ3v) is 7.69. The highest BCUT2D eigenvalue weighted by atomic mass is 19.4. The highest BCUT2D eigenvalue weighted by Gasteiger charge is 2.31. The molecule has 0 spiro atoms. The van der Waals surface area contributed by atoms with Gasteiger partial charge in [0.25, 0.3) is 5.91 Å². The van der Waals surface area contributed by atoms with Crippen LogP contribution in [0.3, 0.4) is 0 Å². The van der Waals surface area contributed by atoms with Gasteiger partial charge in [0.1, 0.15) is 12.4 Å². The molecule has 0 bridgehead atoms. The number of hydrogen-bond acceptors (Lipinski definition) is 5. The van der Waals surface area contributed by atoms with E-state index in [-0.39, 0.29) is 35.4 Å². The van der Waals surface area contributed by atoms with Gasteiger partial charge in [-0.3, -0.25) is 14.5 Å². The van der Waals surface area contributed by atoms with E-state index in [4.69, 9.17) is 0 Å². The molecular formula is C32H37F4N7O. The molecule has 44 heavy (non-hydrogen) atoms. The fourth-order valence-electron chi connectivity index (χ4n) is 5.37. The van der Waals surface area contributed by atoms with Gasteiger partial charge in [0.2, 0.25) is 0 Å². The van der Waals surface area contributed by atoms with E-state index in [1.165, 1.54) is 17.0 Å². The number of carbonyl (C=O) groups excluding carboxylic acids is 1. The highest BCUT2D eigenvalue weighted by Crippen LogP contribution is 2.36. The minimum absolute atomic E-state index is 0.181. The largest absolute Gasteiger partial charge is 0.406 e. The molecule has 0 radical (unpaired) electrons. The third-order valence-electron chi connectivity index (χ3n) is 7.69. The molecule has 1 aliphatic heterocycles. The molecule has 0 saturated heterocycles. The zero-order chi connectivity index (χ0) is 31.8. The number of nitrogens with one attached hydrogen (secondary N) is 2. The minimum Gasteiger partial charge on any atom is -0.356 e. The van der Waals surface area contributed by atoms with Crippen LogP contribution in [0.4, 0.5) is 23.2 Å². The second-order valence-electron chi connectivity index (χ2n) is 12.4. The molecule has 8 nitrogen and oxygen atoms in total. The lowest BCUT2D eigenvalue weighted by Gasteiger charge is -2.18. The molecule has 1 atom stereocenters. The first kappa shape index (κ1) is 31.2. The summed E-state index contributed by atoms with van der Waals surface area (Å²) in [6.07, 6.45) is 0.693. The summed E-state index contributed by atoms with van der Waals surface area (Å²) < 4.78 is 59.4. The Kier molecular flexibility index (Phi) is 8.57. The molecule has 1 aliphatic rings. The summed E-state index contributed by atoms with van der Waals surface area (Å²) in [7, 11) is 1.94. The Morgan fingerprint density at radius 3 is 2.55 bits per heavy atom. The van der Waals surface area contributed by atoms with Gasteiger partial charge in [-0.15, -0.1) is 0 Å². The Hall–Kier alpha value is -4.19. The first-order chi connectivity index (χ1) is 20.7. The maximum Gasteiger partial charge on any atom is 0.406 e. The van der Waals surface area contributed by atoms with Gasteiger partial charge in [0.15, 0.2) is 0 Å². The van der Waals surface area contributed by atoms with Crippen molar-refractivity contribution in [3.8, 4) is 11.4 Å². The van der Waals surface area contributed by atoms with Gasteiger partial charge in [-0.05, 0) is 57.6 Å². The van der Waals surface area contributed by atoms with Crippen LogP contribution in [0, 0.1) is 5.92 Å². The number of nitrogens with zero attached hydrogens (tertiary/aromatic N) is 5. The standard InChI is InChI=1S/C32H37F4N7O/c1-20-17-41(5)12-11-26(29(20)33)40-24-7-6-8-27-23(24)13-28(42(27)19-32(34,35)36)25-10-9-21(14-37-25)15-38-30(44)22-16-39-43(18-22)31(2,3)4/h6-10,13-14,16,18,20,40H,11-12,15,17,19H2,1-5H3,(H,38,44). The first-order valence-electron chi connectivity index (χ1n) is 14.5. The van der Waals surface area contributed by atoms with Crippen molar-refractivity contribution in [2.24, 2.45) is 5.92 Å². The maximum atomic E-state index is 15.2. The summed E-state index contributed by atoms with van der Waals surface area (Å²) in [6, 6.07) is 10.0. The summed E-state index contributed by atoms with van der Waals surface area (Å²) in [5, 5.41) is 10.8. The van der Waals surface area contributed by atoms with Crippen LogP contribution in [0.2, 0.25) is 0 Å². The molecule has 234 valence electrons. The molecule has 0 aliphatic carbocycles. The minimum atomic E-state index is -4.48. The Bertz CT molecular complexity index is 1680. The lowest BCUT2D eigenvalue weighted by molar-refractivity contribution is -0.139. The molecule has 5 rings (SSSR count). The molecule has 0 fully saturated rings. The molecule has 4 aromatic rings. The molecular weight excluding hydrogens is 574 g/mol. The van der Waals surface area contributed by atoms with Crippen molar-refractivity contribution in [2.75, 3.05) is 25.5 Å². The smallest absolute Gasteiger partial charge is 0.356 e. The molecule has 0 saturated carbocycles. The van der Waals surface area contributed by atoms with Crippen molar-refractivity contribution in [1.29, 1.82) is 0 Å². The van der Waals surface area contributed by atoms with Crippen molar-refractivity contribution in [2.45, 2.75) is 58.9 Å². The predicted molar refractivity (Wildman–Crippen MR) is 163 cm³/mol. The molecule has 2 N–H and O–H groups in total. The lowest BCUT2D eigenvalue weighted by atomic mass is 10.1. The van der Waals surface area contributed by atoms with Gasteiger partial charge in [-0.25, -0.2) is 4.39 Å². The van der Waals surface area contributed by atoms with Crippen LogP contribution in [0.5, 0.6) is 0 Å². The second-order valence-corrected chi connectivity index (χ2v) is 12.4. The van der Waals surface area contributed by atoms with E-state index in [0.717, 1.165) is 0 Å². The number of amides is 1. The average Bonchev–Trinajstić information content (AvgIpc) is 3.57. The van der Waals surface area contributed by atoms with E-state index in [1.54, 1.807) is 47.3 Å². The van der Waals surface area contributed by atoms with Crippen LogP contribution in [0.25, 0.3) is 22.3 Å². The quantitative estimate of drug-likeness (QED) is 0.227. The number of rotatable bonds is 7. The van der Waals surface area contributed by atoms with Gasteiger partial charge in [-0.2, -0.15) is 18.3 Å². The van der Waals surface area contributed by atoms with E-state index in [2.05, 4.69) is 25.6 Å².